The molecule has 3 heteroatoms. The summed E-state index contributed by atoms with van der Waals surface area (Å²) in [6, 6.07) is 5.87. The van der Waals surface area contributed by atoms with Gasteiger partial charge in [-0.1, -0.05) is 6.92 Å². The molecule has 2 aliphatic rings. The van der Waals surface area contributed by atoms with Gasteiger partial charge in [-0.15, -0.1) is 0 Å². The molecule has 1 aromatic heterocycles. The van der Waals surface area contributed by atoms with Gasteiger partial charge in [0.25, 0.3) is 0 Å². The lowest BCUT2D eigenvalue weighted by atomic mass is 9.92. The van der Waals surface area contributed by atoms with Gasteiger partial charge in [0.15, 0.2) is 0 Å². The van der Waals surface area contributed by atoms with Crippen molar-refractivity contribution in [3.8, 4) is 0 Å². The maximum absolute atomic E-state index is 4.78. The molecule has 1 saturated carbocycles. The Balaban J connectivity index is 1.76. The Labute approximate surface area is 122 Å². The normalized spacial score (nSPS) is 26.9. The first-order valence-electron chi connectivity index (χ1n) is 8.11. The molecule has 2 fully saturated rings. The summed E-state index contributed by atoms with van der Waals surface area (Å²) in [5, 5.41) is 3.60. The molecule has 1 aromatic rings. The fourth-order valence-electron chi connectivity index (χ4n) is 3.18. The van der Waals surface area contributed by atoms with Crippen LogP contribution in [0.2, 0.25) is 0 Å². The monoisotopic (exact) mass is 273 g/mol. The lowest BCUT2D eigenvalue weighted by Crippen LogP contribution is -2.43. The molecule has 0 aromatic carbocycles. The number of pyridine rings is 1. The number of piperidine rings is 1. The Kier molecular flexibility index (Phi) is 3.97. The predicted molar refractivity (Wildman–Crippen MR) is 84.0 cm³/mol. The van der Waals surface area contributed by atoms with Gasteiger partial charge in [-0.05, 0) is 63.1 Å². The third-order valence-electron chi connectivity index (χ3n) is 4.84. The van der Waals surface area contributed by atoms with Crippen molar-refractivity contribution < 1.29 is 0 Å². The summed E-state index contributed by atoms with van der Waals surface area (Å²) >= 11 is 0. The van der Waals surface area contributed by atoms with Gasteiger partial charge in [-0.2, -0.15) is 0 Å². The molecule has 1 aliphatic carbocycles. The highest BCUT2D eigenvalue weighted by atomic mass is 15.2. The number of hydrogen-bond acceptors (Lipinski definition) is 3. The summed E-state index contributed by atoms with van der Waals surface area (Å²) in [5.41, 5.74) is 2.52. The average Bonchev–Trinajstić information content (AvgIpc) is 3.23. The van der Waals surface area contributed by atoms with Crippen LogP contribution >= 0.6 is 0 Å². The first-order valence-corrected chi connectivity index (χ1v) is 8.11. The van der Waals surface area contributed by atoms with Crippen molar-refractivity contribution in [2.24, 2.45) is 5.92 Å². The van der Waals surface area contributed by atoms with E-state index >= 15 is 0 Å². The first kappa shape index (κ1) is 13.9. The molecule has 1 aliphatic heterocycles. The van der Waals surface area contributed by atoms with Crippen LogP contribution in [0.4, 0.5) is 5.82 Å². The molecule has 3 rings (SSSR count). The van der Waals surface area contributed by atoms with Crippen LogP contribution < -0.4 is 10.2 Å². The highest BCUT2D eigenvalue weighted by molar-refractivity contribution is 5.44. The van der Waals surface area contributed by atoms with Crippen LogP contribution in [0.15, 0.2) is 12.1 Å². The average molecular weight is 273 g/mol. The summed E-state index contributed by atoms with van der Waals surface area (Å²) in [6.07, 6.45) is 5.32. The van der Waals surface area contributed by atoms with Gasteiger partial charge in [0.2, 0.25) is 0 Å². The number of nitrogens with zero attached hydrogens (tertiary/aromatic N) is 2. The van der Waals surface area contributed by atoms with Crippen LogP contribution in [0.25, 0.3) is 0 Å². The van der Waals surface area contributed by atoms with E-state index in [1.54, 1.807) is 0 Å². The van der Waals surface area contributed by atoms with E-state index in [0.717, 1.165) is 30.7 Å². The minimum absolute atomic E-state index is 0.599. The molecule has 2 heterocycles. The summed E-state index contributed by atoms with van der Waals surface area (Å²) in [4.78, 5) is 7.29. The van der Waals surface area contributed by atoms with Gasteiger partial charge >= 0.3 is 0 Å². The standard InChI is InChI=1S/C17H27N3/c1-12-5-4-8-20(14(12)3)17-10-15(9-13(2)19-17)11-18-16-6-7-16/h9-10,12,14,16,18H,4-8,11H2,1-3H3. The fraction of sp³-hybridized carbons (Fsp3) is 0.706. The van der Waals surface area contributed by atoms with E-state index in [4.69, 9.17) is 4.98 Å². The molecule has 0 amide bonds. The number of hydrogen-bond donors (Lipinski definition) is 1. The molecule has 0 spiro atoms. The van der Waals surface area contributed by atoms with Crippen molar-refractivity contribution in [1.82, 2.24) is 10.3 Å². The van der Waals surface area contributed by atoms with Crippen molar-refractivity contribution in [3.05, 3.63) is 23.4 Å². The minimum atomic E-state index is 0.599. The fourth-order valence-corrected chi connectivity index (χ4v) is 3.18. The first-order chi connectivity index (χ1) is 9.63. The molecule has 20 heavy (non-hydrogen) atoms. The number of anilines is 1. The van der Waals surface area contributed by atoms with Gasteiger partial charge in [0, 0.05) is 30.9 Å². The van der Waals surface area contributed by atoms with Gasteiger partial charge in [0.05, 0.1) is 0 Å². The summed E-state index contributed by atoms with van der Waals surface area (Å²) in [6.45, 7) is 8.95. The van der Waals surface area contributed by atoms with Gasteiger partial charge < -0.3 is 10.2 Å². The number of aryl methyl sites for hydroxylation is 1. The maximum atomic E-state index is 4.78. The number of rotatable bonds is 4. The SMILES string of the molecule is Cc1cc(CNC2CC2)cc(N2CCCC(C)C2C)n1. The Morgan fingerprint density at radius 1 is 1.25 bits per heavy atom. The summed E-state index contributed by atoms with van der Waals surface area (Å²) < 4.78 is 0. The van der Waals surface area contributed by atoms with Crippen LogP contribution in [0.3, 0.4) is 0 Å². The highest BCUT2D eigenvalue weighted by Gasteiger charge is 2.26. The van der Waals surface area contributed by atoms with Gasteiger partial charge in [-0.3, -0.25) is 0 Å². The van der Waals surface area contributed by atoms with Crippen LogP contribution in [0.5, 0.6) is 0 Å². The lowest BCUT2D eigenvalue weighted by Gasteiger charge is -2.39. The van der Waals surface area contributed by atoms with Crippen molar-refractivity contribution >= 4 is 5.82 Å². The molecule has 2 unspecified atom stereocenters. The molecule has 3 nitrogen and oxygen atoms in total. The van der Waals surface area contributed by atoms with Crippen molar-refractivity contribution in [3.63, 3.8) is 0 Å². The van der Waals surface area contributed by atoms with E-state index in [9.17, 15) is 0 Å². The maximum Gasteiger partial charge on any atom is 0.129 e. The Morgan fingerprint density at radius 2 is 2.05 bits per heavy atom. The van der Waals surface area contributed by atoms with E-state index in [2.05, 4.69) is 43.1 Å². The molecule has 1 N–H and O–H groups in total. The molecule has 110 valence electrons. The van der Waals surface area contributed by atoms with Crippen molar-refractivity contribution in [2.75, 3.05) is 11.4 Å². The van der Waals surface area contributed by atoms with E-state index in [1.807, 2.05) is 0 Å². The van der Waals surface area contributed by atoms with Crippen LogP contribution in [0, 0.1) is 12.8 Å². The van der Waals surface area contributed by atoms with E-state index in [0.29, 0.717) is 6.04 Å². The second-order valence-corrected chi connectivity index (χ2v) is 6.68. The molecule has 0 radical (unpaired) electrons. The topological polar surface area (TPSA) is 28.2 Å². The number of nitrogens with one attached hydrogen (secondary N) is 1. The summed E-state index contributed by atoms with van der Waals surface area (Å²) in [5.74, 6) is 1.94. The Morgan fingerprint density at radius 3 is 2.80 bits per heavy atom. The zero-order valence-corrected chi connectivity index (χ0v) is 13.0. The van der Waals surface area contributed by atoms with Gasteiger partial charge in [-0.25, -0.2) is 4.98 Å². The van der Waals surface area contributed by atoms with Crippen molar-refractivity contribution in [1.29, 1.82) is 0 Å². The summed E-state index contributed by atoms with van der Waals surface area (Å²) in [7, 11) is 0. The molecule has 2 atom stereocenters. The molecular formula is C17H27N3. The van der Waals surface area contributed by atoms with Gasteiger partial charge in [0.1, 0.15) is 5.82 Å². The lowest BCUT2D eigenvalue weighted by molar-refractivity contribution is 0.361. The smallest absolute Gasteiger partial charge is 0.129 e. The van der Waals surface area contributed by atoms with Crippen LogP contribution in [0.1, 0.15) is 50.8 Å². The van der Waals surface area contributed by atoms with Crippen LogP contribution in [-0.2, 0) is 6.54 Å². The largest absolute Gasteiger partial charge is 0.354 e. The second kappa shape index (κ2) is 5.72. The minimum Gasteiger partial charge on any atom is -0.354 e. The molecule has 0 bridgehead atoms. The third kappa shape index (κ3) is 3.14. The highest BCUT2D eigenvalue weighted by Crippen LogP contribution is 2.28. The quantitative estimate of drug-likeness (QED) is 0.912. The zero-order chi connectivity index (χ0) is 14.1. The zero-order valence-electron chi connectivity index (χ0n) is 13.0. The molecular weight excluding hydrogens is 246 g/mol. The van der Waals surface area contributed by atoms with Crippen molar-refractivity contribution in [2.45, 2.75) is 65.1 Å². The Hall–Kier alpha value is -1.09. The van der Waals surface area contributed by atoms with Crippen LogP contribution in [-0.4, -0.2) is 23.6 Å². The van der Waals surface area contributed by atoms with E-state index in [-0.39, 0.29) is 0 Å². The predicted octanol–water partition coefficient (Wildman–Crippen LogP) is 3.27. The van der Waals surface area contributed by atoms with E-state index in [1.165, 1.54) is 37.1 Å². The second-order valence-electron chi connectivity index (χ2n) is 6.68. The molecule has 1 saturated heterocycles. The third-order valence-corrected chi connectivity index (χ3v) is 4.84. The van der Waals surface area contributed by atoms with E-state index < -0.39 is 0 Å². The Bertz CT molecular complexity index is 467. The number of aromatic nitrogens is 1.